The lowest BCUT2D eigenvalue weighted by Crippen LogP contribution is -2.05. The van der Waals surface area contributed by atoms with Gasteiger partial charge in [0.25, 0.3) is 0 Å². The fraction of sp³-hybridized carbons (Fsp3) is 0.136. The van der Waals surface area contributed by atoms with E-state index in [1.165, 1.54) is 7.11 Å². The van der Waals surface area contributed by atoms with Crippen molar-refractivity contribution in [2.45, 2.75) is 6.61 Å². The van der Waals surface area contributed by atoms with E-state index in [0.29, 0.717) is 28.7 Å². The quantitative estimate of drug-likeness (QED) is 0.377. The van der Waals surface area contributed by atoms with Crippen LogP contribution in [-0.4, -0.2) is 27.6 Å². The van der Waals surface area contributed by atoms with Crippen molar-refractivity contribution >= 4 is 41.9 Å². The van der Waals surface area contributed by atoms with Crippen molar-refractivity contribution in [2.75, 3.05) is 7.11 Å². The SMILES string of the molecule is COC(=O)c1cccc(OCc2nc3ccc(Oc4ccccc4)nc3n2C)c1.Cl.Cl. The molecule has 9 heteroatoms. The number of halogens is 2. The van der Waals surface area contributed by atoms with Gasteiger partial charge in [0.2, 0.25) is 5.88 Å². The summed E-state index contributed by atoms with van der Waals surface area (Å²) in [7, 11) is 3.22. The number of imidazole rings is 1. The normalized spacial score (nSPS) is 10.0. The van der Waals surface area contributed by atoms with Gasteiger partial charge in [0.1, 0.15) is 29.4 Å². The van der Waals surface area contributed by atoms with Crippen LogP contribution in [0.4, 0.5) is 0 Å². The lowest BCUT2D eigenvalue weighted by atomic mass is 10.2. The Balaban J connectivity index is 0.00000171. The van der Waals surface area contributed by atoms with Gasteiger partial charge in [0.15, 0.2) is 5.65 Å². The molecule has 4 rings (SSSR count). The zero-order valence-electron chi connectivity index (χ0n) is 16.8. The summed E-state index contributed by atoms with van der Waals surface area (Å²) in [4.78, 5) is 20.8. The van der Waals surface area contributed by atoms with Gasteiger partial charge in [-0.3, -0.25) is 0 Å². The fourth-order valence-corrected chi connectivity index (χ4v) is 2.87. The topological polar surface area (TPSA) is 75.5 Å². The number of aryl methyl sites for hydroxylation is 1. The van der Waals surface area contributed by atoms with E-state index < -0.39 is 5.97 Å². The molecule has 7 nitrogen and oxygen atoms in total. The third-order valence-electron chi connectivity index (χ3n) is 4.37. The van der Waals surface area contributed by atoms with E-state index in [9.17, 15) is 4.79 Å². The maximum Gasteiger partial charge on any atom is 0.337 e. The first-order valence-corrected chi connectivity index (χ1v) is 9.00. The van der Waals surface area contributed by atoms with Crippen LogP contribution in [0.5, 0.6) is 17.4 Å². The van der Waals surface area contributed by atoms with E-state index in [4.69, 9.17) is 14.2 Å². The first-order valence-electron chi connectivity index (χ1n) is 9.00. The summed E-state index contributed by atoms with van der Waals surface area (Å²) in [5, 5.41) is 0. The van der Waals surface area contributed by atoms with Gasteiger partial charge in [-0.2, -0.15) is 4.98 Å². The van der Waals surface area contributed by atoms with Crippen molar-refractivity contribution in [1.82, 2.24) is 14.5 Å². The van der Waals surface area contributed by atoms with Crippen LogP contribution in [0, 0.1) is 0 Å². The molecule has 0 fully saturated rings. The predicted molar refractivity (Wildman–Crippen MR) is 122 cm³/mol. The van der Waals surface area contributed by atoms with Crippen molar-refractivity contribution in [1.29, 1.82) is 0 Å². The highest BCUT2D eigenvalue weighted by Gasteiger charge is 2.12. The molecule has 0 unspecified atom stereocenters. The maximum absolute atomic E-state index is 11.7. The Morgan fingerprint density at radius 2 is 1.68 bits per heavy atom. The minimum atomic E-state index is -0.409. The number of aromatic nitrogens is 3. The number of carbonyl (C=O) groups is 1. The maximum atomic E-state index is 11.7. The summed E-state index contributed by atoms with van der Waals surface area (Å²) in [5.41, 5.74) is 1.87. The summed E-state index contributed by atoms with van der Waals surface area (Å²) in [6.07, 6.45) is 0. The van der Waals surface area contributed by atoms with Crippen molar-refractivity contribution in [3.63, 3.8) is 0 Å². The third kappa shape index (κ3) is 5.45. The molecule has 162 valence electrons. The van der Waals surface area contributed by atoms with Gasteiger partial charge in [0.05, 0.1) is 12.7 Å². The number of pyridine rings is 1. The zero-order chi connectivity index (χ0) is 20.2. The van der Waals surface area contributed by atoms with Crippen molar-refractivity contribution in [3.05, 3.63) is 78.1 Å². The average molecular weight is 462 g/mol. The molecule has 0 amide bonds. The van der Waals surface area contributed by atoms with Gasteiger partial charge in [0, 0.05) is 13.1 Å². The molecule has 2 aromatic heterocycles. The molecule has 0 spiro atoms. The molecule has 0 aliphatic carbocycles. The molecule has 2 heterocycles. The molecule has 0 N–H and O–H groups in total. The van der Waals surface area contributed by atoms with Gasteiger partial charge in [-0.05, 0) is 36.4 Å². The monoisotopic (exact) mass is 461 g/mol. The van der Waals surface area contributed by atoms with Crippen LogP contribution in [0.15, 0.2) is 66.7 Å². The van der Waals surface area contributed by atoms with Crippen molar-refractivity contribution in [2.24, 2.45) is 7.05 Å². The van der Waals surface area contributed by atoms with Gasteiger partial charge < -0.3 is 18.8 Å². The Morgan fingerprint density at radius 3 is 2.42 bits per heavy atom. The standard InChI is InChI=1S/C22H19N3O4.2ClH/c1-25-19(14-28-17-10-6-7-15(13-17)22(26)27-2)23-18-11-12-20(24-21(18)25)29-16-8-4-3-5-9-16;;/h3-13H,14H2,1-2H3;2*1H. The number of hydrogen-bond acceptors (Lipinski definition) is 6. The lowest BCUT2D eigenvalue weighted by molar-refractivity contribution is 0.0600. The first kappa shape index (κ1) is 24.0. The average Bonchev–Trinajstić information content (AvgIpc) is 3.08. The minimum Gasteiger partial charge on any atom is -0.486 e. The number of para-hydroxylation sites is 1. The predicted octanol–water partition coefficient (Wildman–Crippen LogP) is 4.97. The van der Waals surface area contributed by atoms with E-state index in [2.05, 4.69) is 9.97 Å². The Kier molecular flexibility index (Phi) is 8.24. The molecule has 2 aromatic carbocycles. The second-order valence-electron chi connectivity index (χ2n) is 6.30. The van der Waals surface area contributed by atoms with Crippen LogP contribution >= 0.6 is 24.8 Å². The molecule has 0 aliphatic rings. The Morgan fingerprint density at radius 1 is 0.935 bits per heavy atom. The van der Waals surface area contributed by atoms with Crippen LogP contribution < -0.4 is 9.47 Å². The van der Waals surface area contributed by atoms with Gasteiger partial charge in [-0.25, -0.2) is 9.78 Å². The van der Waals surface area contributed by atoms with Crippen LogP contribution in [0.3, 0.4) is 0 Å². The third-order valence-corrected chi connectivity index (χ3v) is 4.37. The van der Waals surface area contributed by atoms with Crippen LogP contribution in [0.1, 0.15) is 16.2 Å². The number of benzene rings is 2. The Hall–Kier alpha value is -3.29. The molecule has 0 aliphatic heterocycles. The highest BCUT2D eigenvalue weighted by molar-refractivity contribution is 5.89. The summed E-state index contributed by atoms with van der Waals surface area (Å²) >= 11 is 0. The van der Waals surface area contributed by atoms with E-state index in [-0.39, 0.29) is 31.4 Å². The summed E-state index contributed by atoms with van der Waals surface area (Å²) in [6, 6.07) is 20.0. The number of nitrogens with zero attached hydrogens (tertiary/aromatic N) is 3. The zero-order valence-corrected chi connectivity index (χ0v) is 18.5. The first-order chi connectivity index (χ1) is 14.1. The smallest absolute Gasteiger partial charge is 0.337 e. The number of ether oxygens (including phenoxy) is 3. The van der Waals surface area contributed by atoms with E-state index in [1.807, 2.05) is 48.0 Å². The summed E-state index contributed by atoms with van der Waals surface area (Å²) < 4.78 is 18.2. The fourth-order valence-electron chi connectivity index (χ4n) is 2.87. The molecule has 4 aromatic rings. The highest BCUT2D eigenvalue weighted by atomic mass is 35.5. The summed E-state index contributed by atoms with van der Waals surface area (Å²) in [6.45, 7) is 0.229. The van der Waals surface area contributed by atoms with Crippen LogP contribution in [0.25, 0.3) is 11.2 Å². The molecule has 0 bridgehead atoms. The molecule has 0 saturated heterocycles. The molecule has 0 saturated carbocycles. The number of hydrogen-bond donors (Lipinski definition) is 0. The second-order valence-corrected chi connectivity index (χ2v) is 6.30. The van der Waals surface area contributed by atoms with Crippen molar-refractivity contribution < 1.29 is 19.0 Å². The minimum absolute atomic E-state index is 0. The molecular weight excluding hydrogens is 441 g/mol. The number of rotatable bonds is 6. The van der Waals surface area contributed by atoms with E-state index in [0.717, 1.165) is 11.3 Å². The van der Waals surface area contributed by atoms with E-state index in [1.54, 1.807) is 30.3 Å². The number of methoxy groups -OCH3 is 1. The number of fused-ring (bicyclic) bond motifs is 1. The Labute approximate surface area is 191 Å². The molecule has 0 radical (unpaired) electrons. The second kappa shape index (κ2) is 10.7. The molecule has 0 atom stereocenters. The highest BCUT2D eigenvalue weighted by Crippen LogP contribution is 2.23. The number of carbonyl (C=O) groups excluding carboxylic acids is 1. The largest absolute Gasteiger partial charge is 0.486 e. The van der Waals surface area contributed by atoms with Gasteiger partial charge in [-0.1, -0.05) is 24.3 Å². The molecular formula is C22H21Cl2N3O4. The molecule has 31 heavy (non-hydrogen) atoms. The van der Waals surface area contributed by atoms with Gasteiger partial charge in [-0.15, -0.1) is 24.8 Å². The Bertz CT molecular complexity index is 1170. The lowest BCUT2D eigenvalue weighted by Gasteiger charge is -2.08. The number of esters is 1. The summed E-state index contributed by atoms with van der Waals surface area (Å²) in [5.74, 6) is 2.06. The van der Waals surface area contributed by atoms with E-state index >= 15 is 0 Å². The van der Waals surface area contributed by atoms with Crippen LogP contribution in [-0.2, 0) is 18.4 Å². The van der Waals surface area contributed by atoms with Gasteiger partial charge >= 0.3 is 5.97 Å². The van der Waals surface area contributed by atoms with Crippen molar-refractivity contribution in [3.8, 4) is 17.4 Å². The van der Waals surface area contributed by atoms with Crippen LogP contribution in [0.2, 0.25) is 0 Å².